The maximum Gasteiger partial charge on any atom is 0.272 e. The van der Waals surface area contributed by atoms with Crippen molar-refractivity contribution in [3.05, 3.63) is 118 Å². The van der Waals surface area contributed by atoms with E-state index < -0.39 is 11.8 Å². The van der Waals surface area contributed by atoms with Crippen LogP contribution in [0.5, 0.6) is 11.5 Å². The van der Waals surface area contributed by atoms with E-state index in [9.17, 15) is 14.4 Å². The molecule has 8 nitrogen and oxygen atoms in total. The van der Waals surface area contributed by atoms with Crippen LogP contribution in [0.4, 0.5) is 11.4 Å². The van der Waals surface area contributed by atoms with Crippen molar-refractivity contribution in [1.82, 2.24) is 5.32 Å². The molecule has 4 aromatic rings. The Morgan fingerprint density at radius 2 is 1.65 bits per heavy atom. The van der Waals surface area contributed by atoms with Crippen molar-refractivity contribution in [1.29, 1.82) is 0 Å². The smallest absolute Gasteiger partial charge is 0.272 e. The number of methoxy groups -OCH3 is 2. The van der Waals surface area contributed by atoms with Gasteiger partial charge in [0.15, 0.2) is 0 Å². The van der Waals surface area contributed by atoms with E-state index in [0.29, 0.717) is 39.0 Å². The number of carbonyl (C=O) groups excluding carboxylic acids is 3. The summed E-state index contributed by atoms with van der Waals surface area (Å²) in [4.78, 5) is 39.9. The molecule has 0 bridgehead atoms. The van der Waals surface area contributed by atoms with Crippen molar-refractivity contribution in [2.45, 2.75) is 11.8 Å². The van der Waals surface area contributed by atoms with Gasteiger partial charge in [0.1, 0.15) is 17.2 Å². The van der Waals surface area contributed by atoms with Crippen LogP contribution in [0, 0.1) is 6.92 Å². The lowest BCUT2D eigenvalue weighted by molar-refractivity contribution is -0.114. The second-order valence-electron chi connectivity index (χ2n) is 9.26. The second kappa shape index (κ2) is 14.9. The number of nitrogens with one attached hydrogen (secondary N) is 3. The average molecular weight is 616 g/mol. The van der Waals surface area contributed by atoms with Crippen LogP contribution in [-0.4, -0.2) is 37.7 Å². The first-order valence-corrected chi connectivity index (χ1v) is 14.5. The largest absolute Gasteiger partial charge is 0.497 e. The van der Waals surface area contributed by atoms with Gasteiger partial charge >= 0.3 is 0 Å². The summed E-state index contributed by atoms with van der Waals surface area (Å²) in [7, 11) is 3.05. The zero-order valence-electron chi connectivity index (χ0n) is 23.8. The molecule has 0 heterocycles. The highest BCUT2D eigenvalue weighted by molar-refractivity contribution is 8.00. The quantitative estimate of drug-likeness (QED) is 0.126. The Labute approximate surface area is 259 Å². The Balaban J connectivity index is 1.51. The molecule has 220 valence electrons. The molecular formula is C33H30ClN3O5S. The zero-order chi connectivity index (χ0) is 30.8. The molecule has 3 amide bonds. The van der Waals surface area contributed by atoms with Crippen LogP contribution in [0.15, 0.2) is 102 Å². The molecule has 43 heavy (non-hydrogen) atoms. The van der Waals surface area contributed by atoms with Gasteiger partial charge < -0.3 is 25.4 Å². The van der Waals surface area contributed by atoms with E-state index in [1.807, 2.05) is 19.1 Å². The minimum atomic E-state index is -0.543. The number of ether oxygens (including phenoxy) is 2. The number of rotatable bonds is 11. The highest BCUT2D eigenvalue weighted by atomic mass is 35.5. The van der Waals surface area contributed by atoms with E-state index >= 15 is 0 Å². The van der Waals surface area contributed by atoms with Gasteiger partial charge in [0, 0.05) is 38.5 Å². The topological polar surface area (TPSA) is 106 Å². The van der Waals surface area contributed by atoms with E-state index in [4.69, 9.17) is 21.1 Å². The standard InChI is InChI=1S/C33H30ClN3O5S/c1-21-12-14-24(34)17-28(21)36-31(38)20-43-27-11-7-10-25(18-27)35-33(40)29(37-32(39)22-8-5-4-6-9-22)16-23-13-15-26(41-2)19-30(23)42-3/h4-19H,20H2,1-3H3,(H,35,40)(H,36,38)(H,37,39)/b29-16+. The van der Waals surface area contributed by atoms with Gasteiger partial charge in [-0.15, -0.1) is 11.8 Å². The lowest BCUT2D eigenvalue weighted by Gasteiger charge is -2.14. The van der Waals surface area contributed by atoms with Crippen molar-refractivity contribution in [2.24, 2.45) is 0 Å². The molecule has 10 heteroatoms. The van der Waals surface area contributed by atoms with Gasteiger partial charge in [-0.1, -0.05) is 41.9 Å². The maximum absolute atomic E-state index is 13.5. The number of aryl methyl sites for hydroxylation is 1. The molecule has 0 aliphatic carbocycles. The van der Waals surface area contributed by atoms with Crippen molar-refractivity contribution in [3.63, 3.8) is 0 Å². The summed E-state index contributed by atoms with van der Waals surface area (Å²) in [5, 5.41) is 8.98. The molecule has 0 radical (unpaired) electrons. The van der Waals surface area contributed by atoms with Crippen LogP contribution in [0.3, 0.4) is 0 Å². The normalized spacial score (nSPS) is 10.9. The Morgan fingerprint density at radius 3 is 2.40 bits per heavy atom. The van der Waals surface area contributed by atoms with Crippen LogP contribution in [0.2, 0.25) is 5.02 Å². The van der Waals surface area contributed by atoms with Crippen LogP contribution in [-0.2, 0) is 9.59 Å². The van der Waals surface area contributed by atoms with Gasteiger partial charge in [0.25, 0.3) is 11.8 Å². The maximum atomic E-state index is 13.5. The lowest BCUT2D eigenvalue weighted by atomic mass is 10.1. The van der Waals surface area contributed by atoms with E-state index in [1.165, 1.54) is 24.9 Å². The predicted molar refractivity (Wildman–Crippen MR) is 172 cm³/mol. The number of carbonyl (C=O) groups is 3. The van der Waals surface area contributed by atoms with Crippen molar-refractivity contribution >= 4 is 58.5 Å². The summed E-state index contributed by atoms with van der Waals surface area (Å²) in [5.74, 6) is 0.0198. The number of hydrogen-bond donors (Lipinski definition) is 3. The summed E-state index contributed by atoms with van der Waals surface area (Å²) in [6.07, 6.45) is 1.54. The SMILES string of the molecule is COc1ccc(/C=C(/NC(=O)c2ccccc2)C(=O)Nc2cccc(SCC(=O)Nc3cc(Cl)ccc3C)c2)c(OC)c1. The Hall–Kier alpha value is -4.73. The third-order valence-electron chi connectivity index (χ3n) is 6.20. The van der Waals surface area contributed by atoms with Crippen molar-refractivity contribution in [3.8, 4) is 11.5 Å². The molecule has 0 saturated carbocycles. The van der Waals surface area contributed by atoms with Crippen molar-refractivity contribution < 1.29 is 23.9 Å². The number of benzene rings is 4. The number of amides is 3. The Kier molecular flexibility index (Phi) is 10.9. The molecule has 0 aromatic heterocycles. The summed E-state index contributed by atoms with van der Waals surface area (Å²) < 4.78 is 10.7. The van der Waals surface area contributed by atoms with Crippen LogP contribution >= 0.6 is 23.4 Å². The highest BCUT2D eigenvalue weighted by Crippen LogP contribution is 2.27. The van der Waals surface area contributed by atoms with E-state index in [1.54, 1.807) is 86.0 Å². The van der Waals surface area contributed by atoms with Crippen LogP contribution in [0.25, 0.3) is 6.08 Å². The summed E-state index contributed by atoms with van der Waals surface area (Å²) in [5.41, 5.74) is 3.02. The minimum Gasteiger partial charge on any atom is -0.497 e. The third kappa shape index (κ3) is 8.88. The fourth-order valence-corrected chi connectivity index (χ4v) is 4.89. The first-order valence-electron chi connectivity index (χ1n) is 13.2. The molecule has 0 unspecified atom stereocenters. The molecule has 4 rings (SSSR count). The molecule has 0 atom stereocenters. The van der Waals surface area contributed by atoms with Gasteiger partial charge in [-0.3, -0.25) is 14.4 Å². The highest BCUT2D eigenvalue weighted by Gasteiger charge is 2.17. The summed E-state index contributed by atoms with van der Waals surface area (Å²) >= 11 is 7.37. The van der Waals surface area contributed by atoms with Gasteiger partial charge in [0.2, 0.25) is 5.91 Å². The zero-order valence-corrected chi connectivity index (χ0v) is 25.3. The van der Waals surface area contributed by atoms with Gasteiger partial charge in [-0.25, -0.2) is 0 Å². The predicted octanol–water partition coefficient (Wildman–Crippen LogP) is 6.81. The van der Waals surface area contributed by atoms with Crippen LogP contribution < -0.4 is 25.4 Å². The second-order valence-corrected chi connectivity index (χ2v) is 10.7. The number of halogens is 1. The Morgan fingerprint density at radius 1 is 0.860 bits per heavy atom. The molecule has 0 aliphatic heterocycles. The third-order valence-corrected chi connectivity index (χ3v) is 7.43. The first kappa shape index (κ1) is 31.2. The summed E-state index contributed by atoms with van der Waals surface area (Å²) in [6, 6.07) is 26.1. The Bertz CT molecular complexity index is 1660. The number of thioether (sulfide) groups is 1. The molecule has 0 aliphatic rings. The minimum absolute atomic E-state index is 0.00615. The molecule has 4 aromatic carbocycles. The molecular weight excluding hydrogens is 586 g/mol. The van der Waals surface area contributed by atoms with Crippen molar-refractivity contribution in [2.75, 3.05) is 30.6 Å². The fourth-order valence-electron chi connectivity index (χ4n) is 3.96. The number of hydrogen-bond acceptors (Lipinski definition) is 6. The molecule has 0 fully saturated rings. The van der Waals surface area contributed by atoms with E-state index in [2.05, 4.69) is 16.0 Å². The van der Waals surface area contributed by atoms with Gasteiger partial charge in [-0.05, 0) is 73.2 Å². The fraction of sp³-hybridized carbons (Fsp3) is 0.121. The monoisotopic (exact) mass is 615 g/mol. The first-order chi connectivity index (χ1) is 20.7. The number of anilines is 2. The lowest BCUT2D eigenvalue weighted by Crippen LogP contribution is -2.30. The van der Waals surface area contributed by atoms with Gasteiger partial charge in [-0.2, -0.15) is 0 Å². The molecule has 0 spiro atoms. The van der Waals surface area contributed by atoms with Crippen LogP contribution in [0.1, 0.15) is 21.5 Å². The average Bonchev–Trinajstić information content (AvgIpc) is 3.02. The van der Waals surface area contributed by atoms with E-state index in [-0.39, 0.29) is 17.4 Å². The van der Waals surface area contributed by atoms with E-state index in [0.717, 1.165) is 10.5 Å². The molecule has 3 N–H and O–H groups in total. The molecule has 0 saturated heterocycles. The summed E-state index contributed by atoms with van der Waals surface area (Å²) in [6.45, 7) is 1.89. The van der Waals surface area contributed by atoms with Gasteiger partial charge in [0.05, 0.1) is 20.0 Å².